The lowest BCUT2D eigenvalue weighted by molar-refractivity contribution is 0.567. The Balaban J connectivity index is 1.47. The van der Waals surface area contributed by atoms with Crippen molar-refractivity contribution in [1.29, 1.82) is 0 Å². The van der Waals surface area contributed by atoms with Crippen molar-refractivity contribution in [3.8, 4) is 0 Å². The average molecular weight is 472 g/mol. The first-order chi connectivity index (χ1) is 15.9. The molecule has 0 bridgehead atoms. The van der Waals surface area contributed by atoms with E-state index in [-0.39, 0.29) is 6.04 Å². The summed E-state index contributed by atoms with van der Waals surface area (Å²) < 4.78 is 27.4. The first-order valence-corrected chi connectivity index (χ1v) is 12.1. The Hall–Kier alpha value is -3.01. The van der Waals surface area contributed by atoms with Gasteiger partial charge in [0.1, 0.15) is 23.3 Å². The Kier molecular flexibility index (Phi) is 7.22. The van der Waals surface area contributed by atoms with E-state index in [1.54, 1.807) is 24.2 Å². The molecule has 0 fully saturated rings. The molecule has 0 radical (unpaired) electrons. The van der Waals surface area contributed by atoms with Crippen LogP contribution in [0.3, 0.4) is 0 Å². The molecule has 1 aromatic carbocycles. The molecule has 0 amide bonds. The van der Waals surface area contributed by atoms with Gasteiger partial charge in [0, 0.05) is 63.2 Å². The number of nitrogens with zero attached hydrogens (tertiary/aromatic N) is 6. The number of thioether (sulfide) groups is 1. The fraction of sp³-hybridized carbons (Fsp3) is 0.391. The van der Waals surface area contributed by atoms with Gasteiger partial charge in [-0.3, -0.25) is 4.98 Å². The molecule has 0 aliphatic carbocycles. The third kappa shape index (κ3) is 5.68. The van der Waals surface area contributed by atoms with Gasteiger partial charge in [-0.25, -0.2) is 23.7 Å². The molecule has 1 atom stereocenters. The molecular weight excluding hydrogens is 444 g/mol. The van der Waals surface area contributed by atoms with Gasteiger partial charge in [0.25, 0.3) is 0 Å². The number of halogens is 2. The number of rotatable bonds is 8. The largest absolute Gasteiger partial charge is 0.365 e. The molecule has 10 heteroatoms. The number of fused-ring (bicyclic) bond motifs is 1. The van der Waals surface area contributed by atoms with Gasteiger partial charge in [0.05, 0.1) is 18.1 Å². The molecule has 7 nitrogen and oxygen atoms in total. The van der Waals surface area contributed by atoms with Crippen LogP contribution in [-0.2, 0) is 19.4 Å². The summed E-state index contributed by atoms with van der Waals surface area (Å²) in [4.78, 5) is 22.3. The SMILES string of the molecule is CSCC(Cc1ccc(F)cc1F)Nc1cncc(N2CCc3nc(N(C)C)ncc3C2)n1. The predicted molar refractivity (Wildman–Crippen MR) is 129 cm³/mol. The summed E-state index contributed by atoms with van der Waals surface area (Å²) in [6.45, 7) is 1.44. The quantitative estimate of drug-likeness (QED) is 0.535. The van der Waals surface area contributed by atoms with Gasteiger partial charge in [0.15, 0.2) is 0 Å². The summed E-state index contributed by atoms with van der Waals surface area (Å²) in [6.07, 6.45) is 8.51. The molecule has 3 heterocycles. The lowest BCUT2D eigenvalue weighted by Crippen LogP contribution is -2.33. The van der Waals surface area contributed by atoms with Gasteiger partial charge in [-0.15, -0.1) is 0 Å². The Morgan fingerprint density at radius 1 is 1.18 bits per heavy atom. The van der Waals surface area contributed by atoms with Crippen molar-refractivity contribution in [2.75, 3.05) is 47.8 Å². The Labute approximate surface area is 196 Å². The van der Waals surface area contributed by atoms with E-state index in [2.05, 4.69) is 25.2 Å². The maximum Gasteiger partial charge on any atom is 0.225 e. The third-order valence-electron chi connectivity index (χ3n) is 5.47. The van der Waals surface area contributed by atoms with E-state index < -0.39 is 11.6 Å². The summed E-state index contributed by atoms with van der Waals surface area (Å²) in [5, 5.41) is 3.38. The van der Waals surface area contributed by atoms with Crippen molar-refractivity contribution in [3.05, 3.63) is 65.2 Å². The minimum absolute atomic E-state index is 0.0792. The predicted octanol–water partition coefficient (Wildman–Crippen LogP) is 3.56. The molecule has 0 spiro atoms. The van der Waals surface area contributed by atoms with Crippen molar-refractivity contribution in [2.45, 2.75) is 25.4 Å². The molecule has 4 rings (SSSR count). The van der Waals surface area contributed by atoms with E-state index in [0.717, 1.165) is 41.9 Å². The smallest absolute Gasteiger partial charge is 0.225 e. The zero-order valence-electron chi connectivity index (χ0n) is 18.9. The van der Waals surface area contributed by atoms with Crippen LogP contribution in [0.15, 0.2) is 36.8 Å². The summed E-state index contributed by atoms with van der Waals surface area (Å²) in [6, 6.07) is 3.63. The van der Waals surface area contributed by atoms with Crippen LogP contribution in [0.25, 0.3) is 0 Å². The number of hydrogen-bond donors (Lipinski definition) is 1. The lowest BCUT2D eigenvalue weighted by atomic mass is 10.1. The van der Waals surface area contributed by atoms with Gasteiger partial charge < -0.3 is 15.1 Å². The van der Waals surface area contributed by atoms with E-state index in [4.69, 9.17) is 4.98 Å². The second-order valence-corrected chi connectivity index (χ2v) is 9.12. The van der Waals surface area contributed by atoms with E-state index in [0.29, 0.717) is 30.3 Å². The van der Waals surface area contributed by atoms with Crippen LogP contribution < -0.4 is 15.1 Å². The van der Waals surface area contributed by atoms with E-state index in [9.17, 15) is 8.78 Å². The van der Waals surface area contributed by atoms with Gasteiger partial charge in [-0.2, -0.15) is 11.8 Å². The minimum atomic E-state index is -0.573. The second-order valence-electron chi connectivity index (χ2n) is 8.21. The van der Waals surface area contributed by atoms with Crippen molar-refractivity contribution in [1.82, 2.24) is 19.9 Å². The van der Waals surface area contributed by atoms with E-state index >= 15 is 0 Å². The van der Waals surface area contributed by atoms with Crippen molar-refractivity contribution >= 4 is 29.3 Å². The Bertz CT molecular complexity index is 1110. The summed E-state index contributed by atoms with van der Waals surface area (Å²) in [7, 11) is 3.86. The van der Waals surface area contributed by atoms with Crippen LogP contribution in [0.5, 0.6) is 0 Å². The number of nitrogens with one attached hydrogen (secondary N) is 1. The highest BCUT2D eigenvalue weighted by Crippen LogP contribution is 2.24. The molecule has 0 saturated heterocycles. The number of hydrogen-bond acceptors (Lipinski definition) is 8. The molecule has 0 saturated carbocycles. The van der Waals surface area contributed by atoms with Gasteiger partial charge >= 0.3 is 0 Å². The molecule has 1 aliphatic rings. The molecule has 1 aliphatic heterocycles. The second kappa shape index (κ2) is 10.3. The average Bonchev–Trinajstić information content (AvgIpc) is 2.80. The molecule has 2 aromatic heterocycles. The van der Waals surface area contributed by atoms with Crippen LogP contribution in [0.1, 0.15) is 16.8 Å². The van der Waals surface area contributed by atoms with Crippen LogP contribution in [0.4, 0.5) is 26.4 Å². The topological polar surface area (TPSA) is 70.1 Å². The van der Waals surface area contributed by atoms with Gasteiger partial charge in [-0.1, -0.05) is 6.07 Å². The van der Waals surface area contributed by atoms with Crippen LogP contribution in [-0.4, -0.2) is 58.6 Å². The Morgan fingerprint density at radius 3 is 2.79 bits per heavy atom. The molecule has 1 unspecified atom stereocenters. The van der Waals surface area contributed by atoms with E-state index in [1.807, 2.05) is 31.4 Å². The zero-order chi connectivity index (χ0) is 23.4. The van der Waals surface area contributed by atoms with Crippen molar-refractivity contribution in [3.63, 3.8) is 0 Å². The van der Waals surface area contributed by atoms with Crippen molar-refractivity contribution < 1.29 is 8.78 Å². The highest BCUT2D eigenvalue weighted by atomic mass is 32.2. The van der Waals surface area contributed by atoms with E-state index in [1.165, 1.54) is 12.1 Å². The number of aromatic nitrogens is 4. The van der Waals surface area contributed by atoms with Crippen molar-refractivity contribution in [2.24, 2.45) is 0 Å². The Morgan fingerprint density at radius 2 is 2.03 bits per heavy atom. The lowest BCUT2D eigenvalue weighted by Gasteiger charge is -2.29. The summed E-state index contributed by atoms with van der Waals surface area (Å²) in [5.74, 6) is 1.73. The standard InChI is InChI=1S/C23H27F2N7S/c1-31(2)23-27-10-16-13-32(7-6-20(16)29-23)22-12-26-11-21(30-22)28-18(14-33-3)8-15-4-5-17(24)9-19(15)25/h4-5,9-12,18H,6-8,13-14H2,1-3H3,(H,28,30). The number of anilines is 3. The maximum absolute atomic E-state index is 14.2. The fourth-order valence-corrected chi connectivity index (χ4v) is 4.41. The molecule has 3 aromatic rings. The minimum Gasteiger partial charge on any atom is -0.365 e. The van der Waals surface area contributed by atoms with Crippen LogP contribution in [0.2, 0.25) is 0 Å². The molecule has 33 heavy (non-hydrogen) atoms. The number of benzene rings is 1. The molecule has 174 valence electrons. The highest BCUT2D eigenvalue weighted by molar-refractivity contribution is 7.98. The molecular formula is C23H27F2N7S. The zero-order valence-corrected chi connectivity index (χ0v) is 19.7. The summed E-state index contributed by atoms with van der Waals surface area (Å²) >= 11 is 1.65. The first-order valence-electron chi connectivity index (χ1n) is 10.7. The van der Waals surface area contributed by atoms with Gasteiger partial charge in [0.2, 0.25) is 5.95 Å². The highest BCUT2D eigenvalue weighted by Gasteiger charge is 2.21. The molecule has 1 N–H and O–H groups in total. The third-order valence-corrected chi connectivity index (χ3v) is 6.20. The fourth-order valence-electron chi connectivity index (χ4n) is 3.81. The summed E-state index contributed by atoms with van der Waals surface area (Å²) in [5.41, 5.74) is 2.62. The monoisotopic (exact) mass is 471 g/mol. The normalized spacial score (nSPS) is 14.0. The maximum atomic E-state index is 14.2. The van der Waals surface area contributed by atoms with Gasteiger partial charge in [-0.05, 0) is 24.3 Å². The van der Waals surface area contributed by atoms with Crippen LogP contribution >= 0.6 is 11.8 Å². The van der Waals surface area contributed by atoms with Crippen LogP contribution in [0, 0.1) is 11.6 Å². The first kappa shape index (κ1) is 23.2.